The van der Waals surface area contributed by atoms with E-state index >= 15 is 0 Å². The monoisotopic (exact) mass is 314 g/mol. The van der Waals surface area contributed by atoms with Crippen LogP contribution in [0.3, 0.4) is 0 Å². The Morgan fingerprint density at radius 1 is 1.43 bits per heavy atom. The van der Waals surface area contributed by atoms with Gasteiger partial charge in [0.25, 0.3) is 0 Å². The van der Waals surface area contributed by atoms with Gasteiger partial charge < -0.3 is 10.6 Å². The zero-order chi connectivity index (χ0) is 16.2. The highest BCUT2D eigenvalue weighted by Gasteiger charge is 2.21. The van der Waals surface area contributed by atoms with E-state index in [-0.39, 0.29) is 30.3 Å². The van der Waals surface area contributed by atoms with Gasteiger partial charge in [0.15, 0.2) is 0 Å². The average Bonchev–Trinajstić information content (AvgIpc) is 2.31. The zero-order valence-electron chi connectivity index (χ0n) is 13.1. The molecule has 5 heteroatoms. The van der Waals surface area contributed by atoms with Gasteiger partial charge in [-0.2, -0.15) is 0 Å². The number of carbonyl (C=O) groups excluding carboxylic acids is 1. The Bertz CT molecular complexity index is 479. The maximum Gasteiger partial charge on any atom is 0.224 e. The van der Waals surface area contributed by atoms with Crippen LogP contribution in [0.5, 0.6) is 0 Å². The lowest BCUT2D eigenvalue weighted by Gasteiger charge is -2.25. The molecule has 1 rings (SSSR count). The summed E-state index contributed by atoms with van der Waals surface area (Å²) in [5.74, 6) is -0.507. The molecule has 0 fully saturated rings. The average molecular weight is 315 g/mol. The third-order valence-electron chi connectivity index (χ3n) is 3.19. The zero-order valence-corrected chi connectivity index (χ0v) is 13.9. The molecule has 0 aromatic heterocycles. The van der Waals surface area contributed by atoms with Gasteiger partial charge in [-0.25, -0.2) is 4.39 Å². The molecule has 0 bridgehead atoms. The quantitative estimate of drug-likeness (QED) is 0.902. The summed E-state index contributed by atoms with van der Waals surface area (Å²) in [6.07, 6.45) is 1.01. The van der Waals surface area contributed by atoms with Gasteiger partial charge in [-0.1, -0.05) is 38.4 Å². The van der Waals surface area contributed by atoms with E-state index in [0.717, 1.165) is 6.42 Å². The molecule has 0 aliphatic heterocycles. The summed E-state index contributed by atoms with van der Waals surface area (Å²) >= 11 is 5.97. The van der Waals surface area contributed by atoms with E-state index in [1.165, 1.54) is 11.0 Å². The molecule has 1 atom stereocenters. The van der Waals surface area contributed by atoms with Gasteiger partial charge in [0.1, 0.15) is 5.82 Å². The van der Waals surface area contributed by atoms with Gasteiger partial charge >= 0.3 is 0 Å². The standard InChI is InChI=1S/C16H24ClFN2O/c1-16(2,3)9-11(19)8-15(21)20(4)10-12-13(17)6-5-7-14(12)18/h5-7,11H,8-10,19H2,1-4H3. The molecule has 0 heterocycles. The number of halogens is 2. The van der Waals surface area contributed by atoms with Crippen LogP contribution in [0.1, 0.15) is 39.2 Å². The summed E-state index contributed by atoms with van der Waals surface area (Å²) in [6.45, 7) is 6.40. The van der Waals surface area contributed by atoms with Crippen molar-refractivity contribution in [2.75, 3.05) is 7.05 Å². The molecule has 0 aliphatic rings. The van der Waals surface area contributed by atoms with Gasteiger partial charge in [-0.05, 0) is 24.0 Å². The van der Waals surface area contributed by atoms with E-state index in [1.807, 2.05) is 0 Å². The molecular formula is C16H24ClFN2O. The second kappa shape index (κ2) is 7.23. The molecule has 1 aromatic carbocycles. The number of nitrogens with zero attached hydrogens (tertiary/aromatic N) is 1. The summed E-state index contributed by atoms with van der Waals surface area (Å²) < 4.78 is 13.7. The van der Waals surface area contributed by atoms with E-state index < -0.39 is 5.82 Å². The number of nitrogens with two attached hydrogens (primary N) is 1. The maximum atomic E-state index is 13.7. The van der Waals surface area contributed by atoms with E-state index in [1.54, 1.807) is 19.2 Å². The van der Waals surface area contributed by atoms with Gasteiger partial charge in [0.05, 0.1) is 0 Å². The third-order valence-corrected chi connectivity index (χ3v) is 3.55. The van der Waals surface area contributed by atoms with E-state index in [0.29, 0.717) is 10.6 Å². The molecule has 0 saturated heterocycles. The second-order valence-electron chi connectivity index (χ2n) is 6.68. The molecule has 118 valence electrons. The second-order valence-corrected chi connectivity index (χ2v) is 7.09. The summed E-state index contributed by atoms with van der Waals surface area (Å²) in [5.41, 5.74) is 6.41. The minimum absolute atomic E-state index is 0.0765. The van der Waals surface area contributed by atoms with Crippen molar-refractivity contribution >= 4 is 17.5 Å². The molecule has 1 aromatic rings. The van der Waals surface area contributed by atoms with E-state index in [9.17, 15) is 9.18 Å². The fourth-order valence-corrected chi connectivity index (χ4v) is 2.47. The fourth-order valence-electron chi connectivity index (χ4n) is 2.25. The van der Waals surface area contributed by atoms with Crippen molar-refractivity contribution in [3.05, 3.63) is 34.6 Å². The maximum absolute atomic E-state index is 13.7. The lowest BCUT2D eigenvalue weighted by atomic mass is 9.87. The minimum atomic E-state index is -0.402. The number of hydrogen-bond acceptors (Lipinski definition) is 2. The van der Waals surface area contributed by atoms with Gasteiger partial charge in [0.2, 0.25) is 5.91 Å². The summed E-state index contributed by atoms with van der Waals surface area (Å²) in [5, 5.41) is 0.327. The smallest absolute Gasteiger partial charge is 0.224 e. The normalized spacial score (nSPS) is 13.1. The lowest BCUT2D eigenvalue weighted by molar-refractivity contribution is -0.130. The molecule has 0 aliphatic carbocycles. The number of rotatable bonds is 5. The Kier molecular flexibility index (Phi) is 6.17. The Morgan fingerprint density at radius 2 is 2.05 bits per heavy atom. The number of amides is 1. The molecule has 0 saturated carbocycles. The van der Waals surface area contributed by atoms with Crippen LogP contribution in [-0.4, -0.2) is 23.9 Å². The lowest BCUT2D eigenvalue weighted by Crippen LogP contribution is -2.35. The summed E-state index contributed by atoms with van der Waals surface area (Å²) in [6, 6.07) is 4.30. The number of carbonyl (C=O) groups is 1. The van der Waals surface area contributed by atoms with Gasteiger partial charge in [0, 0.05) is 36.6 Å². The van der Waals surface area contributed by atoms with Gasteiger partial charge in [-0.3, -0.25) is 4.79 Å². The van der Waals surface area contributed by atoms with E-state index in [2.05, 4.69) is 20.8 Å². The van der Waals surface area contributed by atoms with Crippen molar-refractivity contribution in [1.82, 2.24) is 4.90 Å². The number of hydrogen-bond donors (Lipinski definition) is 1. The first-order chi connectivity index (χ1) is 9.60. The Balaban J connectivity index is 2.63. The van der Waals surface area contributed by atoms with Crippen LogP contribution in [0, 0.1) is 11.2 Å². The first kappa shape index (κ1) is 17.9. The van der Waals surface area contributed by atoms with Crippen molar-refractivity contribution in [3.63, 3.8) is 0 Å². The van der Waals surface area contributed by atoms with Crippen LogP contribution in [0.4, 0.5) is 4.39 Å². The van der Waals surface area contributed by atoms with E-state index in [4.69, 9.17) is 17.3 Å². The van der Waals surface area contributed by atoms with Crippen LogP contribution >= 0.6 is 11.6 Å². The first-order valence-electron chi connectivity index (χ1n) is 7.02. The minimum Gasteiger partial charge on any atom is -0.341 e. The molecule has 1 amide bonds. The SMILES string of the molecule is CN(Cc1c(F)cccc1Cl)C(=O)CC(N)CC(C)(C)C. The highest BCUT2D eigenvalue weighted by molar-refractivity contribution is 6.31. The van der Waals surface area contributed by atoms with Crippen molar-refractivity contribution in [2.45, 2.75) is 46.2 Å². The molecule has 0 radical (unpaired) electrons. The summed E-state index contributed by atoms with van der Waals surface area (Å²) in [4.78, 5) is 13.6. The van der Waals surface area contributed by atoms with Crippen LogP contribution in [0.15, 0.2) is 18.2 Å². The molecule has 1 unspecified atom stereocenters. The number of benzene rings is 1. The van der Waals surface area contributed by atoms with Crippen LogP contribution in [0.2, 0.25) is 5.02 Å². The van der Waals surface area contributed by atoms with Crippen molar-refractivity contribution < 1.29 is 9.18 Å². The Labute approximate surface area is 131 Å². The molecule has 3 nitrogen and oxygen atoms in total. The van der Waals surface area contributed by atoms with Crippen LogP contribution in [-0.2, 0) is 11.3 Å². The largest absolute Gasteiger partial charge is 0.341 e. The summed E-state index contributed by atoms with van der Waals surface area (Å²) in [7, 11) is 1.63. The predicted molar refractivity (Wildman–Crippen MR) is 84.5 cm³/mol. The molecule has 2 N–H and O–H groups in total. The fraction of sp³-hybridized carbons (Fsp3) is 0.562. The topological polar surface area (TPSA) is 46.3 Å². The molecule has 21 heavy (non-hydrogen) atoms. The Hall–Kier alpha value is -1.13. The molecular weight excluding hydrogens is 291 g/mol. The van der Waals surface area contributed by atoms with Gasteiger partial charge in [-0.15, -0.1) is 0 Å². The van der Waals surface area contributed by atoms with Crippen LogP contribution < -0.4 is 5.73 Å². The van der Waals surface area contributed by atoms with Crippen molar-refractivity contribution in [3.8, 4) is 0 Å². The van der Waals surface area contributed by atoms with Crippen molar-refractivity contribution in [2.24, 2.45) is 11.1 Å². The highest BCUT2D eigenvalue weighted by atomic mass is 35.5. The first-order valence-corrected chi connectivity index (χ1v) is 7.40. The highest BCUT2D eigenvalue weighted by Crippen LogP contribution is 2.23. The van der Waals surface area contributed by atoms with Crippen LogP contribution in [0.25, 0.3) is 0 Å². The predicted octanol–water partition coefficient (Wildman–Crippen LogP) is 3.59. The third kappa shape index (κ3) is 6.02. The Morgan fingerprint density at radius 3 is 2.57 bits per heavy atom. The van der Waals surface area contributed by atoms with Crippen molar-refractivity contribution in [1.29, 1.82) is 0 Å². The molecule has 0 spiro atoms.